The van der Waals surface area contributed by atoms with Gasteiger partial charge in [0.25, 0.3) is 11.5 Å². The first kappa shape index (κ1) is 14.0. The van der Waals surface area contributed by atoms with Crippen LogP contribution in [0.3, 0.4) is 0 Å². The summed E-state index contributed by atoms with van der Waals surface area (Å²) >= 11 is 0. The number of hydrogen-bond acceptors (Lipinski definition) is 4. The third kappa shape index (κ3) is 2.63. The van der Waals surface area contributed by atoms with E-state index in [9.17, 15) is 14.4 Å². The fourth-order valence-electron chi connectivity index (χ4n) is 2.92. The van der Waals surface area contributed by atoms with E-state index in [0.717, 1.165) is 0 Å². The minimum atomic E-state index is -0.410. The van der Waals surface area contributed by atoms with Crippen molar-refractivity contribution in [1.82, 2.24) is 9.88 Å². The first-order chi connectivity index (χ1) is 10.1. The van der Waals surface area contributed by atoms with Gasteiger partial charge in [-0.25, -0.2) is 0 Å². The number of aromatic nitrogens is 1. The topological polar surface area (TPSA) is 79.5 Å². The van der Waals surface area contributed by atoms with Crippen LogP contribution in [0.1, 0.15) is 39.8 Å². The van der Waals surface area contributed by atoms with Gasteiger partial charge in [0.2, 0.25) is 0 Å². The summed E-state index contributed by atoms with van der Waals surface area (Å²) in [6, 6.07) is 1.47. The van der Waals surface area contributed by atoms with E-state index in [2.05, 4.69) is 4.98 Å². The number of rotatable bonds is 1. The van der Waals surface area contributed by atoms with Crippen LogP contribution in [0.5, 0.6) is 0 Å². The van der Waals surface area contributed by atoms with Crippen molar-refractivity contribution in [2.24, 2.45) is 5.92 Å². The molecule has 3 rings (SSSR count). The molecule has 1 atom stereocenters. The van der Waals surface area contributed by atoms with Crippen LogP contribution in [0.2, 0.25) is 0 Å². The molecule has 6 heteroatoms. The molecule has 1 amide bonds. The van der Waals surface area contributed by atoms with Crippen molar-refractivity contribution in [3.63, 3.8) is 0 Å². The molecule has 0 radical (unpaired) electrons. The maximum absolute atomic E-state index is 12.4. The van der Waals surface area contributed by atoms with Gasteiger partial charge < -0.3 is 14.6 Å². The maximum Gasteiger partial charge on any atom is 0.261 e. The molecular formula is C15H18N2O4. The lowest BCUT2D eigenvalue weighted by Crippen LogP contribution is -2.43. The van der Waals surface area contributed by atoms with Crippen molar-refractivity contribution < 1.29 is 14.3 Å². The Morgan fingerprint density at radius 1 is 1.29 bits per heavy atom. The number of Topliss-reactive ketones (excluding diaryl/α,β-unsaturated/α-hetero) is 1. The minimum absolute atomic E-state index is 0.00368. The summed E-state index contributed by atoms with van der Waals surface area (Å²) in [5.74, 6) is -0.105. The summed E-state index contributed by atoms with van der Waals surface area (Å²) in [6.07, 6.45) is 1.13. The molecule has 1 N–H and O–H groups in total. The number of hydrogen-bond donors (Lipinski definition) is 1. The van der Waals surface area contributed by atoms with Crippen LogP contribution >= 0.6 is 0 Å². The average molecular weight is 290 g/mol. The highest BCUT2D eigenvalue weighted by atomic mass is 16.5. The first-order valence-corrected chi connectivity index (χ1v) is 7.22. The van der Waals surface area contributed by atoms with Crippen molar-refractivity contribution in [3.05, 3.63) is 33.2 Å². The van der Waals surface area contributed by atoms with Crippen LogP contribution in [0, 0.1) is 5.92 Å². The van der Waals surface area contributed by atoms with Crippen LogP contribution in [-0.4, -0.2) is 47.9 Å². The third-order valence-electron chi connectivity index (χ3n) is 4.04. The lowest BCUT2D eigenvalue weighted by Gasteiger charge is -2.27. The smallest absolute Gasteiger partial charge is 0.261 e. The van der Waals surface area contributed by atoms with E-state index in [4.69, 9.17) is 4.74 Å². The molecule has 1 aliphatic heterocycles. The number of aromatic amines is 1. The van der Waals surface area contributed by atoms with Crippen LogP contribution in [0.25, 0.3) is 0 Å². The Hall–Kier alpha value is -1.95. The number of fused-ring (bicyclic) bond motifs is 1. The molecule has 0 unspecified atom stereocenters. The Labute approximate surface area is 122 Å². The molecule has 2 heterocycles. The number of pyridine rings is 1. The second kappa shape index (κ2) is 5.44. The zero-order chi connectivity index (χ0) is 15.0. The van der Waals surface area contributed by atoms with Crippen LogP contribution in [0.4, 0.5) is 0 Å². The standard InChI is InChI=1S/C15H18N2O4/c1-9-6-12-10(13(18)7-9)8-11(14(19)16-12)15(20)17-2-4-21-5-3-17/h8-9H,2-7H2,1H3,(H,16,19)/t9-/m1/s1. The van der Waals surface area contributed by atoms with Crippen LogP contribution < -0.4 is 5.56 Å². The number of ketones is 1. The summed E-state index contributed by atoms with van der Waals surface area (Å²) in [5.41, 5.74) is 0.789. The summed E-state index contributed by atoms with van der Waals surface area (Å²) in [5, 5.41) is 0. The zero-order valence-corrected chi connectivity index (χ0v) is 12.0. The van der Waals surface area contributed by atoms with Crippen molar-refractivity contribution in [2.75, 3.05) is 26.3 Å². The average Bonchev–Trinajstić information content (AvgIpc) is 2.46. The van der Waals surface area contributed by atoms with E-state index in [0.29, 0.717) is 50.4 Å². The first-order valence-electron chi connectivity index (χ1n) is 7.22. The molecular weight excluding hydrogens is 272 g/mol. The highest BCUT2D eigenvalue weighted by Gasteiger charge is 2.27. The van der Waals surface area contributed by atoms with Crippen molar-refractivity contribution in [3.8, 4) is 0 Å². The molecule has 21 heavy (non-hydrogen) atoms. The van der Waals surface area contributed by atoms with Gasteiger partial charge in [-0.3, -0.25) is 14.4 Å². The van der Waals surface area contributed by atoms with Gasteiger partial charge in [0.15, 0.2) is 5.78 Å². The fraction of sp³-hybridized carbons (Fsp3) is 0.533. The molecule has 0 bridgehead atoms. The van der Waals surface area contributed by atoms with Gasteiger partial charge in [-0.15, -0.1) is 0 Å². The van der Waals surface area contributed by atoms with E-state index in [1.807, 2.05) is 6.92 Å². The second-order valence-electron chi connectivity index (χ2n) is 5.75. The lowest BCUT2D eigenvalue weighted by molar-refractivity contribution is 0.0301. The molecule has 2 aliphatic rings. The number of ether oxygens (including phenoxy) is 1. The number of nitrogens with one attached hydrogen (secondary N) is 1. The van der Waals surface area contributed by atoms with Gasteiger partial charge in [0, 0.05) is 30.8 Å². The van der Waals surface area contributed by atoms with E-state index >= 15 is 0 Å². The molecule has 0 spiro atoms. The van der Waals surface area contributed by atoms with Gasteiger partial charge >= 0.3 is 0 Å². The van der Waals surface area contributed by atoms with Gasteiger partial charge in [-0.05, 0) is 18.4 Å². The Morgan fingerprint density at radius 3 is 2.71 bits per heavy atom. The molecule has 6 nitrogen and oxygen atoms in total. The molecule has 1 aromatic rings. The van der Waals surface area contributed by atoms with Crippen LogP contribution in [0.15, 0.2) is 10.9 Å². The number of amides is 1. The normalized spacial score (nSPS) is 22.0. The van der Waals surface area contributed by atoms with E-state index in [1.54, 1.807) is 4.90 Å². The third-order valence-corrected chi connectivity index (χ3v) is 4.04. The highest BCUT2D eigenvalue weighted by Crippen LogP contribution is 2.23. The number of morpholine rings is 1. The zero-order valence-electron chi connectivity index (χ0n) is 12.0. The van der Waals surface area contributed by atoms with Crippen molar-refractivity contribution >= 4 is 11.7 Å². The largest absolute Gasteiger partial charge is 0.378 e. The van der Waals surface area contributed by atoms with Gasteiger partial charge in [-0.2, -0.15) is 0 Å². The molecule has 0 aromatic carbocycles. The number of carbonyl (C=O) groups excluding carboxylic acids is 2. The predicted octanol–water partition coefficient (Wildman–Crippen LogP) is 0.612. The molecule has 1 fully saturated rings. The van der Waals surface area contributed by atoms with E-state index in [-0.39, 0.29) is 23.2 Å². The molecule has 1 aliphatic carbocycles. The van der Waals surface area contributed by atoms with E-state index < -0.39 is 5.56 Å². The van der Waals surface area contributed by atoms with E-state index in [1.165, 1.54) is 6.07 Å². The molecule has 1 saturated heterocycles. The van der Waals surface area contributed by atoms with Crippen LogP contribution in [-0.2, 0) is 11.2 Å². The SMILES string of the molecule is C[C@H]1CC(=O)c2cc(C(=O)N3CCOCC3)c(=O)[nH]c2C1. The minimum Gasteiger partial charge on any atom is -0.378 e. The molecule has 0 saturated carbocycles. The number of carbonyl (C=O) groups is 2. The fourth-order valence-corrected chi connectivity index (χ4v) is 2.92. The van der Waals surface area contributed by atoms with Crippen molar-refractivity contribution in [1.29, 1.82) is 0 Å². The Kier molecular flexibility index (Phi) is 3.63. The molecule has 112 valence electrons. The summed E-state index contributed by atoms with van der Waals surface area (Å²) in [6.45, 7) is 3.88. The highest BCUT2D eigenvalue weighted by molar-refractivity contribution is 6.01. The maximum atomic E-state index is 12.4. The summed E-state index contributed by atoms with van der Waals surface area (Å²) in [4.78, 5) is 41.0. The van der Waals surface area contributed by atoms with Gasteiger partial charge in [0.1, 0.15) is 5.56 Å². The summed E-state index contributed by atoms with van der Waals surface area (Å²) < 4.78 is 5.20. The number of nitrogens with zero attached hydrogens (tertiary/aromatic N) is 1. The van der Waals surface area contributed by atoms with Gasteiger partial charge in [0.05, 0.1) is 13.2 Å². The summed E-state index contributed by atoms with van der Waals surface area (Å²) in [7, 11) is 0. The van der Waals surface area contributed by atoms with Gasteiger partial charge in [-0.1, -0.05) is 6.92 Å². The quantitative estimate of drug-likeness (QED) is 0.822. The van der Waals surface area contributed by atoms with Crippen molar-refractivity contribution in [2.45, 2.75) is 19.8 Å². The second-order valence-corrected chi connectivity index (χ2v) is 5.75. The monoisotopic (exact) mass is 290 g/mol. The Morgan fingerprint density at radius 2 is 2.00 bits per heavy atom. The molecule has 1 aromatic heterocycles. The predicted molar refractivity (Wildman–Crippen MR) is 75.6 cm³/mol. The Balaban J connectivity index is 1.96. The lowest BCUT2D eigenvalue weighted by atomic mass is 9.86. The number of H-pyrrole nitrogens is 1. The Bertz CT molecular complexity index is 644.